The molecule has 1 heterocycles. The van der Waals surface area contributed by atoms with Gasteiger partial charge in [-0.05, 0) is 30.2 Å². The smallest absolute Gasteiger partial charge is 0.347 e. The number of nitrogens with one attached hydrogen (secondary N) is 1. The van der Waals surface area contributed by atoms with Gasteiger partial charge in [-0.2, -0.15) is 0 Å². The van der Waals surface area contributed by atoms with Gasteiger partial charge in [0.2, 0.25) is 16.1 Å². The van der Waals surface area contributed by atoms with Crippen molar-refractivity contribution in [3.8, 4) is 0 Å². The van der Waals surface area contributed by atoms with Gasteiger partial charge in [0.25, 0.3) is 0 Å². The predicted molar refractivity (Wildman–Crippen MR) is 96.4 cm³/mol. The third kappa shape index (κ3) is 4.53. The van der Waals surface area contributed by atoms with Gasteiger partial charge in [0.1, 0.15) is 0 Å². The fourth-order valence-electron chi connectivity index (χ4n) is 2.65. The fourth-order valence-corrected chi connectivity index (χ4v) is 3.94. The molecule has 3 rings (SSSR count). The second-order valence-corrected chi connectivity index (χ2v) is 7.88. The first kappa shape index (κ1) is 19.1. The number of cyclic esters (lactones) is 1. The van der Waals surface area contributed by atoms with Gasteiger partial charge in [-0.15, -0.1) is 0 Å². The van der Waals surface area contributed by atoms with Gasteiger partial charge in [0.05, 0.1) is 17.1 Å². The molecule has 1 fully saturated rings. The number of ether oxygens (including phenoxy) is 2. The molecule has 0 saturated carbocycles. The minimum atomic E-state index is -3.83. The Hall–Kier alpha value is -2.71. The van der Waals surface area contributed by atoms with Gasteiger partial charge in [0, 0.05) is 13.0 Å². The third-order valence-corrected chi connectivity index (χ3v) is 5.70. The number of hydrogen-bond acceptors (Lipinski definition) is 6. The average Bonchev–Trinajstić information content (AvgIpc) is 3.06. The summed E-state index contributed by atoms with van der Waals surface area (Å²) in [6.45, 7) is 1.97. The Morgan fingerprint density at radius 1 is 1.22 bits per heavy atom. The summed E-state index contributed by atoms with van der Waals surface area (Å²) in [6.07, 6.45) is -0.657. The summed E-state index contributed by atoms with van der Waals surface area (Å²) in [5, 5.41) is 0. The zero-order chi connectivity index (χ0) is 19.4. The number of sulfonamides is 1. The quantitative estimate of drug-likeness (QED) is 0.758. The van der Waals surface area contributed by atoms with Crippen LogP contribution in [0.25, 0.3) is 0 Å². The molecule has 0 aliphatic carbocycles. The van der Waals surface area contributed by atoms with Crippen LogP contribution in [0.4, 0.5) is 0 Å². The van der Waals surface area contributed by atoms with Crippen molar-refractivity contribution < 1.29 is 27.5 Å². The van der Waals surface area contributed by atoms with Crippen LogP contribution in [0.3, 0.4) is 0 Å². The lowest BCUT2D eigenvalue weighted by Crippen LogP contribution is -2.25. The van der Waals surface area contributed by atoms with Crippen LogP contribution < -0.4 is 4.72 Å². The summed E-state index contributed by atoms with van der Waals surface area (Å²) in [4.78, 5) is 23.7. The Kier molecular flexibility index (Phi) is 5.57. The van der Waals surface area contributed by atoms with Gasteiger partial charge >= 0.3 is 11.9 Å². The first-order valence-corrected chi connectivity index (χ1v) is 9.87. The Labute approximate surface area is 157 Å². The van der Waals surface area contributed by atoms with E-state index in [-0.39, 0.29) is 23.6 Å². The Bertz CT molecular complexity index is 955. The standard InChI is InChI=1S/C19H19NO6S/c1-13-7-8-15(18(21)26-16-9-10-25-19(16)22)11-17(13)27(23,24)20-12-14-5-3-2-4-6-14/h2-8,11,16,20H,9-10,12H2,1H3/t16-/m0/s1. The van der Waals surface area contributed by atoms with E-state index in [2.05, 4.69) is 4.72 Å². The highest BCUT2D eigenvalue weighted by Gasteiger charge is 2.31. The molecule has 1 aliphatic heterocycles. The van der Waals surface area contributed by atoms with Crippen molar-refractivity contribution in [1.29, 1.82) is 0 Å². The number of benzene rings is 2. The molecule has 2 aromatic rings. The van der Waals surface area contributed by atoms with Crippen LogP contribution in [0.2, 0.25) is 0 Å². The number of esters is 2. The third-order valence-electron chi connectivity index (χ3n) is 4.16. The maximum Gasteiger partial charge on any atom is 0.347 e. The second-order valence-electron chi connectivity index (χ2n) is 6.14. The molecule has 1 saturated heterocycles. The highest BCUT2D eigenvalue weighted by atomic mass is 32.2. The Morgan fingerprint density at radius 2 is 1.96 bits per heavy atom. The molecule has 0 aromatic heterocycles. The minimum Gasteiger partial charge on any atom is -0.463 e. The average molecular weight is 389 g/mol. The molecular weight excluding hydrogens is 370 g/mol. The van der Waals surface area contributed by atoms with Crippen LogP contribution in [0.5, 0.6) is 0 Å². The predicted octanol–water partition coefficient (Wildman–Crippen LogP) is 1.95. The normalized spacial score (nSPS) is 16.8. The summed E-state index contributed by atoms with van der Waals surface area (Å²) in [5.41, 5.74) is 1.36. The van der Waals surface area contributed by atoms with E-state index in [1.807, 2.05) is 30.3 Å². The topological polar surface area (TPSA) is 98.8 Å². The van der Waals surface area contributed by atoms with E-state index >= 15 is 0 Å². The molecule has 142 valence electrons. The van der Waals surface area contributed by atoms with Crippen LogP contribution in [0.15, 0.2) is 53.4 Å². The molecule has 8 heteroatoms. The molecule has 1 N–H and O–H groups in total. The van der Waals surface area contributed by atoms with Crippen LogP contribution in [0, 0.1) is 6.92 Å². The molecule has 0 spiro atoms. The summed E-state index contributed by atoms with van der Waals surface area (Å²) in [5.74, 6) is -1.36. The van der Waals surface area contributed by atoms with E-state index in [4.69, 9.17) is 9.47 Å². The van der Waals surface area contributed by atoms with E-state index in [9.17, 15) is 18.0 Å². The SMILES string of the molecule is Cc1ccc(C(=O)O[C@H]2CCOC2=O)cc1S(=O)(=O)NCc1ccccc1. The van der Waals surface area contributed by atoms with Crippen molar-refractivity contribution in [2.24, 2.45) is 0 Å². The number of carbonyl (C=O) groups excluding carboxylic acids is 2. The molecule has 1 aliphatic rings. The van der Waals surface area contributed by atoms with Gasteiger partial charge in [-0.3, -0.25) is 0 Å². The number of aryl methyl sites for hydroxylation is 1. The monoisotopic (exact) mass is 389 g/mol. The molecule has 0 unspecified atom stereocenters. The van der Waals surface area contributed by atoms with E-state index in [1.165, 1.54) is 18.2 Å². The van der Waals surface area contributed by atoms with Crippen molar-refractivity contribution in [1.82, 2.24) is 4.72 Å². The first-order valence-electron chi connectivity index (χ1n) is 8.39. The minimum absolute atomic E-state index is 0.0121. The highest BCUT2D eigenvalue weighted by molar-refractivity contribution is 7.89. The van der Waals surface area contributed by atoms with Crippen molar-refractivity contribution in [3.05, 3.63) is 65.2 Å². The molecular formula is C19H19NO6S. The number of hydrogen-bond donors (Lipinski definition) is 1. The Balaban J connectivity index is 1.77. The van der Waals surface area contributed by atoms with Crippen LogP contribution in [-0.4, -0.2) is 33.1 Å². The molecule has 27 heavy (non-hydrogen) atoms. The van der Waals surface area contributed by atoms with E-state index in [0.29, 0.717) is 12.0 Å². The molecule has 0 amide bonds. The first-order chi connectivity index (χ1) is 12.9. The van der Waals surface area contributed by atoms with Gasteiger partial charge in [-0.25, -0.2) is 22.7 Å². The van der Waals surface area contributed by atoms with E-state index in [1.54, 1.807) is 6.92 Å². The highest BCUT2D eigenvalue weighted by Crippen LogP contribution is 2.20. The zero-order valence-electron chi connectivity index (χ0n) is 14.7. The van der Waals surface area contributed by atoms with Gasteiger partial charge in [0.15, 0.2) is 0 Å². The van der Waals surface area contributed by atoms with Crippen molar-refractivity contribution in [3.63, 3.8) is 0 Å². The summed E-state index contributed by atoms with van der Waals surface area (Å²) < 4.78 is 37.7. The zero-order valence-corrected chi connectivity index (χ0v) is 15.5. The van der Waals surface area contributed by atoms with Crippen molar-refractivity contribution >= 4 is 22.0 Å². The van der Waals surface area contributed by atoms with E-state index in [0.717, 1.165) is 5.56 Å². The van der Waals surface area contributed by atoms with Gasteiger partial charge in [-0.1, -0.05) is 36.4 Å². The largest absolute Gasteiger partial charge is 0.463 e. The summed E-state index contributed by atoms with van der Waals surface area (Å²) in [6, 6.07) is 13.4. The molecule has 0 bridgehead atoms. The van der Waals surface area contributed by atoms with Crippen LogP contribution >= 0.6 is 0 Å². The Morgan fingerprint density at radius 3 is 2.63 bits per heavy atom. The number of carbonyl (C=O) groups is 2. The molecule has 7 nitrogen and oxygen atoms in total. The lowest BCUT2D eigenvalue weighted by atomic mass is 10.1. The number of rotatable bonds is 6. The van der Waals surface area contributed by atoms with Crippen LogP contribution in [-0.2, 0) is 30.8 Å². The lowest BCUT2D eigenvalue weighted by Gasteiger charge is -2.12. The molecule has 1 atom stereocenters. The molecule has 2 aromatic carbocycles. The fraction of sp³-hybridized carbons (Fsp3) is 0.263. The summed E-state index contributed by atoms with van der Waals surface area (Å²) >= 11 is 0. The van der Waals surface area contributed by atoms with E-state index < -0.39 is 28.1 Å². The lowest BCUT2D eigenvalue weighted by molar-refractivity contribution is -0.145. The molecule has 0 radical (unpaired) electrons. The van der Waals surface area contributed by atoms with Crippen molar-refractivity contribution in [2.75, 3.05) is 6.61 Å². The maximum atomic E-state index is 12.7. The van der Waals surface area contributed by atoms with Crippen molar-refractivity contribution in [2.45, 2.75) is 30.9 Å². The maximum absolute atomic E-state index is 12.7. The van der Waals surface area contributed by atoms with Crippen LogP contribution in [0.1, 0.15) is 27.9 Å². The summed E-state index contributed by atoms with van der Waals surface area (Å²) in [7, 11) is -3.83. The van der Waals surface area contributed by atoms with Gasteiger partial charge < -0.3 is 9.47 Å². The second kappa shape index (κ2) is 7.89.